The van der Waals surface area contributed by atoms with Crippen LogP contribution in [0.5, 0.6) is 0 Å². The number of alkyl carbamates (subject to hydrolysis) is 1. The number of benzene rings is 2. The highest BCUT2D eigenvalue weighted by atomic mass is 16.5. The summed E-state index contributed by atoms with van der Waals surface area (Å²) < 4.78 is 5.45. The molecular weight excluding hydrogens is 302 g/mol. The second-order valence-corrected chi connectivity index (χ2v) is 6.16. The molecule has 4 nitrogen and oxygen atoms in total. The van der Waals surface area contributed by atoms with E-state index in [4.69, 9.17) is 9.84 Å². The van der Waals surface area contributed by atoms with E-state index in [0.29, 0.717) is 13.2 Å². The first-order valence-corrected chi connectivity index (χ1v) is 8.44. The fourth-order valence-corrected chi connectivity index (χ4v) is 3.22. The Kier molecular flexibility index (Phi) is 5.16. The van der Waals surface area contributed by atoms with Crippen LogP contribution in [0.1, 0.15) is 30.4 Å². The van der Waals surface area contributed by atoms with Gasteiger partial charge in [0.25, 0.3) is 0 Å². The zero-order chi connectivity index (χ0) is 16.9. The molecule has 0 bridgehead atoms. The largest absolute Gasteiger partial charge is 0.449 e. The number of nitrogens with one attached hydrogen (secondary N) is 1. The van der Waals surface area contributed by atoms with Crippen LogP contribution in [0.25, 0.3) is 11.1 Å². The molecule has 3 rings (SSSR count). The number of aliphatic hydroxyl groups excluding tert-OH is 1. The molecular formula is C20H23NO3. The Hall–Kier alpha value is -2.33. The molecule has 2 aromatic carbocycles. The van der Waals surface area contributed by atoms with Crippen LogP contribution in [0.3, 0.4) is 0 Å². The highest BCUT2D eigenvalue weighted by molar-refractivity contribution is 5.79. The van der Waals surface area contributed by atoms with Crippen molar-refractivity contribution in [3.63, 3.8) is 0 Å². The third kappa shape index (κ3) is 3.29. The van der Waals surface area contributed by atoms with Gasteiger partial charge in [-0.3, -0.25) is 0 Å². The number of hydrogen-bond donors (Lipinski definition) is 2. The monoisotopic (exact) mass is 325 g/mol. The van der Waals surface area contributed by atoms with Gasteiger partial charge in [-0.15, -0.1) is 0 Å². The van der Waals surface area contributed by atoms with Gasteiger partial charge in [0.15, 0.2) is 0 Å². The summed E-state index contributed by atoms with van der Waals surface area (Å²) in [6.07, 6.45) is 0.393. The minimum absolute atomic E-state index is 0.0696. The summed E-state index contributed by atoms with van der Waals surface area (Å²) in [6, 6.07) is 16.5. The molecule has 0 aliphatic heterocycles. The van der Waals surface area contributed by atoms with E-state index in [0.717, 1.165) is 6.42 Å². The van der Waals surface area contributed by atoms with Gasteiger partial charge in [-0.25, -0.2) is 4.79 Å². The van der Waals surface area contributed by atoms with Crippen LogP contribution in [-0.2, 0) is 4.74 Å². The van der Waals surface area contributed by atoms with Gasteiger partial charge < -0.3 is 15.2 Å². The second kappa shape index (κ2) is 7.49. The number of carbonyl (C=O) groups is 1. The van der Waals surface area contributed by atoms with Gasteiger partial charge in [0, 0.05) is 19.1 Å². The highest BCUT2D eigenvalue weighted by Gasteiger charge is 2.28. The highest BCUT2D eigenvalue weighted by Crippen LogP contribution is 2.44. The van der Waals surface area contributed by atoms with Crippen molar-refractivity contribution in [2.45, 2.75) is 19.3 Å². The molecule has 0 saturated heterocycles. The smallest absolute Gasteiger partial charge is 0.407 e. The van der Waals surface area contributed by atoms with Crippen LogP contribution in [-0.4, -0.2) is 31.0 Å². The lowest BCUT2D eigenvalue weighted by Crippen LogP contribution is -2.31. The molecule has 0 heterocycles. The van der Waals surface area contributed by atoms with Gasteiger partial charge >= 0.3 is 6.09 Å². The molecule has 1 aliphatic rings. The molecule has 1 atom stereocenters. The number of hydrogen-bond acceptors (Lipinski definition) is 3. The quantitative estimate of drug-likeness (QED) is 0.854. The van der Waals surface area contributed by atoms with Crippen molar-refractivity contribution in [2.75, 3.05) is 19.8 Å². The number of amides is 1. The van der Waals surface area contributed by atoms with Crippen molar-refractivity contribution >= 4 is 6.09 Å². The Balaban J connectivity index is 1.66. The van der Waals surface area contributed by atoms with Crippen LogP contribution in [0.2, 0.25) is 0 Å². The van der Waals surface area contributed by atoms with Crippen molar-refractivity contribution in [2.24, 2.45) is 5.92 Å². The first-order valence-electron chi connectivity index (χ1n) is 8.44. The molecule has 2 aromatic rings. The van der Waals surface area contributed by atoms with E-state index in [1.165, 1.54) is 22.3 Å². The summed E-state index contributed by atoms with van der Waals surface area (Å²) in [4.78, 5) is 11.9. The van der Waals surface area contributed by atoms with Gasteiger partial charge in [-0.05, 0) is 34.6 Å². The molecule has 126 valence electrons. The Labute approximate surface area is 142 Å². The van der Waals surface area contributed by atoms with Crippen LogP contribution in [0, 0.1) is 5.92 Å². The normalized spacial score (nSPS) is 13.9. The molecule has 0 fully saturated rings. The summed E-state index contributed by atoms with van der Waals surface area (Å²) in [5.41, 5.74) is 4.84. The summed E-state index contributed by atoms with van der Waals surface area (Å²) in [5.74, 6) is 0.147. The molecule has 1 unspecified atom stereocenters. The van der Waals surface area contributed by atoms with E-state index in [1.54, 1.807) is 0 Å². The zero-order valence-electron chi connectivity index (χ0n) is 13.9. The molecule has 4 heteroatoms. The molecule has 2 N–H and O–H groups in total. The van der Waals surface area contributed by atoms with Gasteiger partial charge in [0.1, 0.15) is 6.61 Å². The summed E-state index contributed by atoms with van der Waals surface area (Å²) in [5, 5.41) is 11.9. The number of ether oxygens (including phenoxy) is 1. The maximum atomic E-state index is 11.9. The Morgan fingerprint density at radius 3 is 2.25 bits per heavy atom. The third-order valence-corrected chi connectivity index (χ3v) is 4.71. The minimum atomic E-state index is -0.427. The van der Waals surface area contributed by atoms with Gasteiger partial charge in [0.05, 0.1) is 0 Å². The summed E-state index contributed by atoms with van der Waals surface area (Å²) in [7, 11) is 0. The predicted octanol–water partition coefficient (Wildman–Crippen LogP) is 3.54. The predicted molar refractivity (Wildman–Crippen MR) is 93.9 cm³/mol. The van der Waals surface area contributed by atoms with E-state index in [-0.39, 0.29) is 18.4 Å². The molecule has 1 amide bonds. The SMILES string of the molecule is CCC(CO)CNC(=O)OCC1c2ccccc2-c2ccccc21. The Morgan fingerprint density at radius 2 is 1.71 bits per heavy atom. The van der Waals surface area contributed by atoms with Crippen molar-refractivity contribution in [1.82, 2.24) is 5.32 Å². The van der Waals surface area contributed by atoms with Crippen molar-refractivity contribution < 1.29 is 14.6 Å². The maximum Gasteiger partial charge on any atom is 0.407 e. The lowest BCUT2D eigenvalue weighted by Gasteiger charge is -2.16. The molecule has 24 heavy (non-hydrogen) atoms. The van der Waals surface area contributed by atoms with Gasteiger partial charge in [0.2, 0.25) is 0 Å². The Bertz CT molecular complexity index is 664. The molecule has 0 spiro atoms. The third-order valence-electron chi connectivity index (χ3n) is 4.71. The molecule has 0 aromatic heterocycles. The molecule has 0 radical (unpaired) electrons. The number of carbonyl (C=O) groups excluding carboxylic acids is 1. The second-order valence-electron chi connectivity index (χ2n) is 6.16. The van der Waals surface area contributed by atoms with E-state index in [9.17, 15) is 4.79 Å². The topological polar surface area (TPSA) is 58.6 Å². The zero-order valence-corrected chi connectivity index (χ0v) is 13.9. The fourth-order valence-electron chi connectivity index (χ4n) is 3.22. The average Bonchev–Trinajstić information content (AvgIpc) is 2.95. The number of aliphatic hydroxyl groups is 1. The van der Waals surface area contributed by atoms with E-state index in [2.05, 4.69) is 29.6 Å². The maximum absolute atomic E-state index is 11.9. The van der Waals surface area contributed by atoms with Crippen LogP contribution in [0.4, 0.5) is 4.79 Å². The van der Waals surface area contributed by atoms with E-state index >= 15 is 0 Å². The fraction of sp³-hybridized carbons (Fsp3) is 0.350. The number of fused-ring (bicyclic) bond motifs is 3. The minimum Gasteiger partial charge on any atom is -0.449 e. The lowest BCUT2D eigenvalue weighted by molar-refractivity contribution is 0.138. The molecule has 1 aliphatic carbocycles. The van der Waals surface area contributed by atoms with E-state index in [1.807, 2.05) is 31.2 Å². The summed E-state index contributed by atoms with van der Waals surface area (Å²) in [6.45, 7) is 2.81. The standard InChI is InChI=1S/C20H23NO3/c1-2-14(12-22)11-21-20(23)24-13-19-17-9-5-3-7-15(17)16-8-4-6-10-18(16)19/h3-10,14,19,22H,2,11-13H2,1H3,(H,21,23). The van der Waals surface area contributed by atoms with Crippen LogP contribution < -0.4 is 5.32 Å². The Morgan fingerprint density at radius 1 is 1.12 bits per heavy atom. The van der Waals surface area contributed by atoms with Gasteiger partial charge in [-0.2, -0.15) is 0 Å². The first kappa shape index (κ1) is 16.5. The number of rotatable bonds is 6. The van der Waals surface area contributed by atoms with Crippen molar-refractivity contribution in [3.8, 4) is 11.1 Å². The van der Waals surface area contributed by atoms with Crippen molar-refractivity contribution in [3.05, 3.63) is 59.7 Å². The van der Waals surface area contributed by atoms with Gasteiger partial charge in [-0.1, -0.05) is 55.5 Å². The van der Waals surface area contributed by atoms with Crippen LogP contribution >= 0.6 is 0 Å². The summed E-state index contributed by atoms with van der Waals surface area (Å²) >= 11 is 0. The van der Waals surface area contributed by atoms with Crippen molar-refractivity contribution in [1.29, 1.82) is 0 Å². The van der Waals surface area contributed by atoms with E-state index < -0.39 is 6.09 Å². The van der Waals surface area contributed by atoms with Crippen LogP contribution in [0.15, 0.2) is 48.5 Å². The lowest BCUT2D eigenvalue weighted by atomic mass is 9.98. The average molecular weight is 325 g/mol. The molecule has 0 saturated carbocycles. The first-order chi connectivity index (χ1) is 11.7.